The number of alkyl halides is 2. The quantitative estimate of drug-likeness (QED) is 0.554. The molecule has 2 amide bonds. The molecule has 27 heavy (non-hydrogen) atoms. The van der Waals surface area contributed by atoms with Crippen molar-refractivity contribution in [3.8, 4) is 5.75 Å². The third-order valence-electron chi connectivity index (χ3n) is 4.44. The van der Waals surface area contributed by atoms with Crippen LogP contribution in [0.15, 0.2) is 30.3 Å². The molecule has 0 spiro atoms. The van der Waals surface area contributed by atoms with Crippen molar-refractivity contribution in [3.63, 3.8) is 0 Å². The zero-order valence-electron chi connectivity index (χ0n) is 15.8. The maximum absolute atomic E-state index is 13.5. The third-order valence-corrected chi connectivity index (χ3v) is 4.44. The van der Waals surface area contributed by atoms with E-state index in [2.05, 4.69) is 12.2 Å². The summed E-state index contributed by atoms with van der Waals surface area (Å²) in [5.41, 5.74) is 2.84. The van der Waals surface area contributed by atoms with Crippen molar-refractivity contribution in [1.82, 2.24) is 5.32 Å². The summed E-state index contributed by atoms with van der Waals surface area (Å²) in [6.07, 6.45) is -1.89. The molecule has 0 fully saturated rings. The molecular weight excluding hydrogens is 354 g/mol. The minimum absolute atomic E-state index is 0.0493. The molecule has 146 valence electrons. The van der Waals surface area contributed by atoms with Crippen LogP contribution >= 0.6 is 0 Å². The highest BCUT2D eigenvalue weighted by atomic mass is 19.3. The molecule has 0 heterocycles. The van der Waals surface area contributed by atoms with Crippen LogP contribution in [0.2, 0.25) is 0 Å². The molecular formula is C20H24F2N2O3. The Labute approximate surface area is 157 Å². The lowest BCUT2D eigenvalue weighted by atomic mass is 10.0. The van der Waals surface area contributed by atoms with Crippen LogP contribution in [0.3, 0.4) is 0 Å². The SMILES string of the molecule is CCc1cc(C)c(OCc2c(C(F)F)cccc2N(O)C(=O)NC)cc1C. The second-order valence-corrected chi connectivity index (χ2v) is 6.20. The van der Waals surface area contributed by atoms with Crippen molar-refractivity contribution in [3.05, 3.63) is 58.1 Å². The lowest BCUT2D eigenvalue weighted by molar-refractivity contribution is 0.147. The van der Waals surface area contributed by atoms with E-state index in [4.69, 9.17) is 4.74 Å². The van der Waals surface area contributed by atoms with E-state index in [9.17, 15) is 18.8 Å². The van der Waals surface area contributed by atoms with Crippen molar-refractivity contribution < 1.29 is 23.5 Å². The highest BCUT2D eigenvalue weighted by molar-refractivity contribution is 5.90. The Morgan fingerprint density at radius 1 is 1.26 bits per heavy atom. The Morgan fingerprint density at radius 3 is 2.56 bits per heavy atom. The van der Waals surface area contributed by atoms with Gasteiger partial charge >= 0.3 is 6.03 Å². The first-order chi connectivity index (χ1) is 12.8. The molecule has 0 radical (unpaired) electrons. The zero-order chi connectivity index (χ0) is 20.1. The molecule has 0 unspecified atom stereocenters. The molecule has 0 aliphatic carbocycles. The average molecular weight is 378 g/mol. The molecule has 0 aromatic heterocycles. The molecule has 0 aliphatic rings. The monoisotopic (exact) mass is 378 g/mol. The number of hydrogen-bond acceptors (Lipinski definition) is 3. The van der Waals surface area contributed by atoms with Gasteiger partial charge in [-0.2, -0.15) is 5.06 Å². The fraction of sp³-hybridized carbons (Fsp3) is 0.350. The van der Waals surface area contributed by atoms with Crippen LogP contribution < -0.4 is 15.1 Å². The minimum atomic E-state index is -2.77. The van der Waals surface area contributed by atoms with Gasteiger partial charge in [0.05, 0.1) is 5.69 Å². The van der Waals surface area contributed by atoms with E-state index in [1.54, 1.807) is 0 Å². The van der Waals surface area contributed by atoms with Gasteiger partial charge in [0.15, 0.2) is 0 Å². The fourth-order valence-electron chi connectivity index (χ4n) is 2.90. The topological polar surface area (TPSA) is 61.8 Å². The van der Waals surface area contributed by atoms with E-state index >= 15 is 0 Å². The number of halogens is 2. The van der Waals surface area contributed by atoms with Crippen molar-refractivity contribution in [2.45, 2.75) is 40.2 Å². The van der Waals surface area contributed by atoms with E-state index in [0.717, 1.165) is 17.5 Å². The summed E-state index contributed by atoms with van der Waals surface area (Å²) < 4.78 is 32.7. The lowest BCUT2D eigenvalue weighted by Crippen LogP contribution is -2.36. The van der Waals surface area contributed by atoms with Crippen LogP contribution in [0.1, 0.15) is 41.2 Å². The zero-order valence-corrected chi connectivity index (χ0v) is 15.8. The van der Waals surface area contributed by atoms with Gasteiger partial charge in [-0.15, -0.1) is 0 Å². The summed E-state index contributed by atoms with van der Waals surface area (Å²) in [5.74, 6) is 0.573. The summed E-state index contributed by atoms with van der Waals surface area (Å²) in [4.78, 5) is 11.7. The maximum atomic E-state index is 13.5. The lowest BCUT2D eigenvalue weighted by Gasteiger charge is -2.21. The van der Waals surface area contributed by atoms with Crippen LogP contribution in [-0.4, -0.2) is 18.3 Å². The number of benzene rings is 2. The first-order valence-corrected chi connectivity index (χ1v) is 8.63. The predicted octanol–water partition coefficient (Wildman–Crippen LogP) is 4.92. The number of urea groups is 1. The molecule has 2 aromatic carbocycles. The van der Waals surface area contributed by atoms with Gasteiger partial charge in [-0.3, -0.25) is 5.21 Å². The second-order valence-electron chi connectivity index (χ2n) is 6.20. The Morgan fingerprint density at radius 2 is 1.96 bits per heavy atom. The summed E-state index contributed by atoms with van der Waals surface area (Å²) in [7, 11) is 1.33. The Bertz CT molecular complexity index is 825. The number of amides is 2. The number of anilines is 1. The molecule has 0 saturated carbocycles. The number of rotatable bonds is 6. The highest BCUT2D eigenvalue weighted by Gasteiger charge is 2.22. The molecule has 7 heteroatoms. The maximum Gasteiger partial charge on any atom is 0.345 e. The Hall–Kier alpha value is -2.67. The number of carbonyl (C=O) groups excluding carboxylic acids is 1. The summed E-state index contributed by atoms with van der Waals surface area (Å²) >= 11 is 0. The van der Waals surface area contributed by atoms with Gasteiger partial charge in [-0.1, -0.05) is 25.1 Å². The van der Waals surface area contributed by atoms with Gasteiger partial charge < -0.3 is 10.1 Å². The minimum Gasteiger partial charge on any atom is -0.489 e. The number of ether oxygens (including phenoxy) is 1. The molecule has 5 nitrogen and oxygen atoms in total. The van der Waals surface area contributed by atoms with E-state index in [1.165, 1.54) is 30.8 Å². The molecule has 2 N–H and O–H groups in total. The Kier molecular flexibility index (Phi) is 6.74. The van der Waals surface area contributed by atoms with Crippen molar-refractivity contribution in [1.29, 1.82) is 0 Å². The van der Waals surface area contributed by atoms with E-state index in [1.807, 2.05) is 26.0 Å². The standard InChI is InChI=1S/C20H24F2N2O3/c1-5-14-9-13(3)18(10-12(14)2)27-11-16-15(19(21)22)7-6-8-17(16)24(26)20(25)23-4/h6-10,19,26H,5,11H2,1-4H3,(H,23,25). The smallest absolute Gasteiger partial charge is 0.345 e. The van der Waals surface area contributed by atoms with Crippen LogP contribution in [0.5, 0.6) is 5.75 Å². The van der Waals surface area contributed by atoms with Gasteiger partial charge in [0.25, 0.3) is 6.43 Å². The molecule has 0 aliphatic heterocycles. The molecule has 0 bridgehead atoms. The normalized spacial score (nSPS) is 10.8. The van der Waals surface area contributed by atoms with Crippen LogP contribution in [0.4, 0.5) is 19.3 Å². The molecule has 0 atom stereocenters. The third kappa shape index (κ3) is 4.54. The van der Waals surface area contributed by atoms with E-state index in [0.29, 0.717) is 10.8 Å². The van der Waals surface area contributed by atoms with E-state index < -0.39 is 12.5 Å². The summed E-state index contributed by atoms with van der Waals surface area (Å²) in [6, 6.07) is 7.04. The number of hydroxylamine groups is 1. The average Bonchev–Trinajstić information content (AvgIpc) is 2.66. The number of nitrogens with one attached hydrogen (secondary N) is 1. The summed E-state index contributed by atoms with van der Waals surface area (Å²) in [6.45, 7) is 5.69. The fourth-order valence-corrected chi connectivity index (χ4v) is 2.90. The largest absolute Gasteiger partial charge is 0.489 e. The predicted molar refractivity (Wildman–Crippen MR) is 99.7 cm³/mol. The van der Waals surface area contributed by atoms with E-state index in [-0.39, 0.29) is 23.4 Å². The number of aryl methyl sites for hydroxylation is 3. The van der Waals surface area contributed by atoms with Crippen LogP contribution in [0, 0.1) is 13.8 Å². The van der Waals surface area contributed by atoms with Crippen molar-refractivity contribution in [2.24, 2.45) is 0 Å². The van der Waals surface area contributed by atoms with Gasteiger partial charge in [0.2, 0.25) is 0 Å². The van der Waals surface area contributed by atoms with Gasteiger partial charge in [-0.05, 0) is 49.1 Å². The first-order valence-electron chi connectivity index (χ1n) is 8.63. The number of nitrogens with zero attached hydrogens (tertiary/aromatic N) is 1. The molecule has 0 saturated heterocycles. The van der Waals surface area contributed by atoms with Crippen molar-refractivity contribution in [2.75, 3.05) is 12.1 Å². The number of hydrogen-bond donors (Lipinski definition) is 2. The van der Waals surface area contributed by atoms with Gasteiger partial charge in [-0.25, -0.2) is 13.6 Å². The molecule has 2 rings (SSSR count). The first kappa shape index (κ1) is 20.6. The van der Waals surface area contributed by atoms with Gasteiger partial charge in [0, 0.05) is 18.2 Å². The van der Waals surface area contributed by atoms with Crippen LogP contribution in [-0.2, 0) is 13.0 Å². The van der Waals surface area contributed by atoms with Crippen molar-refractivity contribution >= 4 is 11.7 Å². The second kappa shape index (κ2) is 8.81. The molecule has 2 aromatic rings. The highest BCUT2D eigenvalue weighted by Crippen LogP contribution is 2.32. The Balaban J connectivity index is 2.40. The summed E-state index contributed by atoms with van der Waals surface area (Å²) in [5, 5.41) is 12.6. The van der Waals surface area contributed by atoms with Crippen LogP contribution in [0.25, 0.3) is 0 Å². The number of carbonyl (C=O) groups is 1. The van der Waals surface area contributed by atoms with Gasteiger partial charge in [0.1, 0.15) is 12.4 Å².